The first-order chi connectivity index (χ1) is 9.50. The van der Waals surface area contributed by atoms with Gasteiger partial charge in [-0.1, -0.05) is 60.1 Å². The van der Waals surface area contributed by atoms with E-state index in [1.165, 1.54) is 5.56 Å². The van der Waals surface area contributed by atoms with Crippen LogP contribution in [0.4, 0.5) is 0 Å². The molecule has 1 fully saturated rings. The van der Waals surface area contributed by atoms with Gasteiger partial charge in [0.15, 0.2) is 0 Å². The number of amides is 2. The van der Waals surface area contributed by atoms with Crippen molar-refractivity contribution in [2.24, 2.45) is 11.8 Å². The summed E-state index contributed by atoms with van der Waals surface area (Å²) in [4.78, 5) is 23.4. The number of hydrogen-bond donors (Lipinski definition) is 2. The van der Waals surface area contributed by atoms with E-state index >= 15 is 0 Å². The second-order valence-corrected chi connectivity index (χ2v) is 6.47. The van der Waals surface area contributed by atoms with Crippen molar-refractivity contribution in [3.05, 3.63) is 35.9 Å². The number of carbonyl (C=O) groups excluding carboxylic acids is 2. The van der Waals surface area contributed by atoms with E-state index in [1.54, 1.807) is 0 Å². The normalized spacial score (nSPS) is 22.2. The van der Waals surface area contributed by atoms with E-state index in [2.05, 4.69) is 26.8 Å². The van der Waals surface area contributed by atoms with Gasteiger partial charge in [0, 0.05) is 5.92 Å². The molecule has 1 aromatic rings. The van der Waals surface area contributed by atoms with Crippen molar-refractivity contribution in [2.75, 3.05) is 0 Å². The van der Waals surface area contributed by atoms with Crippen LogP contribution in [0.25, 0.3) is 0 Å². The Morgan fingerprint density at radius 2 is 1.85 bits per heavy atom. The first-order valence-electron chi connectivity index (χ1n) is 6.79. The zero-order chi connectivity index (χ0) is 14.7. The fourth-order valence-corrected chi connectivity index (χ4v) is 2.26. The maximum Gasteiger partial charge on any atom is 0.252 e. The molecule has 0 spiro atoms. The average molecular weight is 339 g/mol. The summed E-state index contributed by atoms with van der Waals surface area (Å²) in [5.74, 6) is 0.0781. The molecule has 20 heavy (non-hydrogen) atoms. The highest BCUT2D eigenvalue weighted by atomic mass is 79.9. The van der Waals surface area contributed by atoms with E-state index in [0.29, 0.717) is 0 Å². The Labute approximate surface area is 127 Å². The highest BCUT2D eigenvalue weighted by molar-refractivity contribution is 9.10. The lowest BCUT2D eigenvalue weighted by molar-refractivity contribution is -0.129. The predicted octanol–water partition coefficient (Wildman–Crippen LogP) is 2.36. The molecule has 3 atom stereocenters. The zero-order valence-electron chi connectivity index (χ0n) is 11.6. The summed E-state index contributed by atoms with van der Waals surface area (Å²) in [5.41, 5.74) is 6.16. The molecule has 0 saturated heterocycles. The minimum atomic E-state index is -0.299. The number of rotatable bonds is 4. The Kier molecular flexibility index (Phi) is 4.81. The van der Waals surface area contributed by atoms with Crippen molar-refractivity contribution in [1.82, 2.24) is 10.9 Å². The smallest absolute Gasteiger partial charge is 0.252 e. The third kappa shape index (κ3) is 3.60. The number of carbonyl (C=O) groups is 2. The highest BCUT2D eigenvalue weighted by Gasteiger charge is 2.44. The topological polar surface area (TPSA) is 58.2 Å². The van der Waals surface area contributed by atoms with E-state index in [1.807, 2.05) is 44.2 Å². The molecule has 0 aromatic heterocycles. The lowest BCUT2D eigenvalue weighted by atomic mass is 10.1. The quantitative estimate of drug-likeness (QED) is 0.654. The van der Waals surface area contributed by atoms with Crippen LogP contribution in [0.5, 0.6) is 0 Å². The molecule has 0 heterocycles. The van der Waals surface area contributed by atoms with Crippen LogP contribution in [0.1, 0.15) is 31.7 Å². The Bertz CT molecular complexity index is 490. The summed E-state index contributed by atoms with van der Waals surface area (Å²) in [7, 11) is 0. The molecular formula is C15H19BrN2O2. The van der Waals surface area contributed by atoms with Crippen molar-refractivity contribution in [1.29, 1.82) is 0 Å². The molecule has 0 aliphatic heterocycles. The van der Waals surface area contributed by atoms with Gasteiger partial charge in [0.25, 0.3) is 5.91 Å². The largest absolute Gasteiger partial charge is 0.273 e. The summed E-state index contributed by atoms with van der Waals surface area (Å²) in [5, 5.41) is 0. The van der Waals surface area contributed by atoms with Crippen molar-refractivity contribution in [2.45, 2.75) is 31.0 Å². The lowest BCUT2D eigenvalue weighted by Crippen LogP contribution is -2.46. The fraction of sp³-hybridized carbons (Fsp3) is 0.467. The van der Waals surface area contributed by atoms with Crippen molar-refractivity contribution < 1.29 is 9.59 Å². The standard InChI is InChI=1S/C15H19BrN2O2/c1-9(2)13(16)15(20)18-17-14(19)12-8-11(12)10-6-4-3-5-7-10/h3-7,9,11-13H,8H2,1-2H3,(H,17,19)(H,18,20). The van der Waals surface area contributed by atoms with Gasteiger partial charge in [-0.2, -0.15) is 0 Å². The van der Waals surface area contributed by atoms with Gasteiger partial charge in [-0.05, 0) is 23.8 Å². The van der Waals surface area contributed by atoms with Gasteiger partial charge in [-0.15, -0.1) is 0 Å². The number of hydrogen-bond acceptors (Lipinski definition) is 2. The van der Waals surface area contributed by atoms with Crippen LogP contribution in [0.3, 0.4) is 0 Å². The Balaban J connectivity index is 1.79. The molecule has 108 valence electrons. The van der Waals surface area contributed by atoms with Crippen LogP contribution >= 0.6 is 15.9 Å². The van der Waals surface area contributed by atoms with Gasteiger partial charge in [0.2, 0.25) is 5.91 Å². The van der Waals surface area contributed by atoms with Crippen LogP contribution < -0.4 is 10.9 Å². The average Bonchev–Trinajstić information content (AvgIpc) is 3.24. The number of hydrazine groups is 1. The van der Waals surface area contributed by atoms with E-state index in [9.17, 15) is 9.59 Å². The minimum Gasteiger partial charge on any atom is -0.273 e. The maximum absolute atomic E-state index is 11.9. The summed E-state index contributed by atoms with van der Waals surface area (Å²) in [6, 6.07) is 9.97. The zero-order valence-corrected chi connectivity index (χ0v) is 13.2. The molecule has 0 bridgehead atoms. The van der Waals surface area contributed by atoms with Crippen LogP contribution in [0, 0.1) is 11.8 Å². The van der Waals surface area contributed by atoms with Gasteiger partial charge >= 0.3 is 0 Å². The minimum absolute atomic E-state index is 0.0366. The number of halogens is 1. The summed E-state index contributed by atoms with van der Waals surface area (Å²) in [6.07, 6.45) is 0.841. The van der Waals surface area contributed by atoms with Crippen LogP contribution in [-0.4, -0.2) is 16.6 Å². The molecule has 5 heteroatoms. The maximum atomic E-state index is 11.9. The molecular weight excluding hydrogens is 320 g/mol. The SMILES string of the molecule is CC(C)C(Br)C(=O)NNC(=O)C1CC1c1ccccc1. The van der Waals surface area contributed by atoms with E-state index in [0.717, 1.165) is 6.42 Å². The second-order valence-electron chi connectivity index (χ2n) is 5.48. The van der Waals surface area contributed by atoms with Gasteiger partial charge in [-0.3, -0.25) is 20.4 Å². The van der Waals surface area contributed by atoms with E-state index < -0.39 is 0 Å². The first kappa shape index (κ1) is 15.0. The molecule has 2 rings (SSSR count). The second kappa shape index (κ2) is 6.39. The molecule has 0 radical (unpaired) electrons. The summed E-state index contributed by atoms with van der Waals surface area (Å²) in [6.45, 7) is 3.88. The fourth-order valence-electron chi connectivity index (χ4n) is 2.14. The molecule has 4 nitrogen and oxygen atoms in total. The van der Waals surface area contributed by atoms with Crippen LogP contribution in [0.15, 0.2) is 30.3 Å². The third-order valence-electron chi connectivity index (χ3n) is 3.50. The number of benzene rings is 1. The van der Waals surface area contributed by atoms with Crippen molar-refractivity contribution in [3.63, 3.8) is 0 Å². The molecule has 2 N–H and O–H groups in total. The Morgan fingerprint density at radius 3 is 2.45 bits per heavy atom. The monoisotopic (exact) mass is 338 g/mol. The van der Waals surface area contributed by atoms with E-state index in [-0.39, 0.29) is 34.4 Å². The summed E-state index contributed by atoms with van der Waals surface area (Å²) < 4.78 is 0. The first-order valence-corrected chi connectivity index (χ1v) is 7.71. The van der Waals surface area contributed by atoms with Gasteiger partial charge in [-0.25, -0.2) is 0 Å². The van der Waals surface area contributed by atoms with Crippen molar-refractivity contribution in [3.8, 4) is 0 Å². The number of nitrogens with one attached hydrogen (secondary N) is 2. The highest BCUT2D eigenvalue weighted by Crippen LogP contribution is 2.47. The third-order valence-corrected chi connectivity index (χ3v) is 4.97. The predicted molar refractivity (Wildman–Crippen MR) is 81.1 cm³/mol. The Morgan fingerprint density at radius 1 is 1.20 bits per heavy atom. The van der Waals surface area contributed by atoms with Crippen LogP contribution in [0.2, 0.25) is 0 Å². The van der Waals surface area contributed by atoms with Gasteiger partial charge in [0.1, 0.15) is 0 Å². The lowest BCUT2D eigenvalue weighted by Gasteiger charge is -2.14. The Hall–Kier alpha value is -1.36. The molecule has 2 amide bonds. The van der Waals surface area contributed by atoms with Gasteiger partial charge < -0.3 is 0 Å². The van der Waals surface area contributed by atoms with Gasteiger partial charge in [0.05, 0.1) is 4.83 Å². The van der Waals surface area contributed by atoms with E-state index in [4.69, 9.17) is 0 Å². The molecule has 1 saturated carbocycles. The molecule has 3 unspecified atom stereocenters. The number of alkyl halides is 1. The van der Waals surface area contributed by atoms with Crippen molar-refractivity contribution >= 4 is 27.7 Å². The van der Waals surface area contributed by atoms with Crippen LogP contribution in [-0.2, 0) is 9.59 Å². The molecule has 1 aromatic carbocycles. The molecule has 1 aliphatic rings. The summed E-state index contributed by atoms with van der Waals surface area (Å²) >= 11 is 3.30. The molecule has 1 aliphatic carbocycles.